The third-order valence-electron chi connectivity index (χ3n) is 5.17. The number of nitrogens with zero attached hydrogens (tertiary/aromatic N) is 3. The van der Waals surface area contributed by atoms with Crippen LogP contribution >= 0.6 is 0 Å². The van der Waals surface area contributed by atoms with Gasteiger partial charge in [-0.2, -0.15) is 5.10 Å². The zero-order chi connectivity index (χ0) is 21.5. The first kappa shape index (κ1) is 20.8. The van der Waals surface area contributed by atoms with Gasteiger partial charge in [0.25, 0.3) is 0 Å². The van der Waals surface area contributed by atoms with Crippen molar-refractivity contribution in [3.8, 4) is 17.2 Å². The monoisotopic (exact) mass is 419 g/mol. The lowest BCUT2D eigenvalue weighted by Crippen LogP contribution is -2.31. The summed E-state index contributed by atoms with van der Waals surface area (Å²) in [5.74, 6) is 2.28. The molecule has 2 N–H and O–H groups in total. The standard InChI is InChI=1S/C24H29N5O2/c1-18-19(17-29(28-18)21-9-4-3-5-10-21)8-6-13-26-24(25-2)27-20-11-12-22-23(16-20)31-15-7-14-30-22/h3-5,9-12,16-17H,6-8,13-15H2,1-2H3,(H2,25,26,27). The van der Waals surface area contributed by atoms with Crippen LogP contribution in [0.3, 0.4) is 0 Å². The lowest BCUT2D eigenvalue weighted by Gasteiger charge is -2.14. The maximum atomic E-state index is 5.76. The molecular formula is C24H29N5O2. The Morgan fingerprint density at radius 1 is 1.10 bits per heavy atom. The second kappa shape index (κ2) is 10.0. The number of ether oxygens (including phenoxy) is 2. The van der Waals surface area contributed by atoms with Crippen molar-refractivity contribution in [2.75, 3.05) is 32.1 Å². The number of para-hydroxylation sites is 1. The lowest BCUT2D eigenvalue weighted by atomic mass is 10.1. The van der Waals surface area contributed by atoms with Crippen molar-refractivity contribution in [2.24, 2.45) is 4.99 Å². The second-order valence-electron chi connectivity index (χ2n) is 7.46. The van der Waals surface area contributed by atoms with Crippen LogP contribution in [0.1, 0.15) is 24.1 Å². The first-order valence-electron chi connectivity index (χ1n) is 10.7. The largest absolute Gasteiger partial charge is 0.490 e. The first-order valence-corrected chi connectivity index (χ1v) is 10.7. The summed E-state index contributed by atoms with van der Waals surface area (Å²) in [5, 5.41) is 11.3. The van der Waals surface area contributed by atoms with E-state index in [1.165, 1.54) is 5.56 Å². The summed E-state index contributed by atoms with van der Waals surface area (Å²) in [5.41, 5.74) is 4.32. The highest BCUT2D eigenvalue weighted by Gasteiger charge is 2.11. The van der Waals surface area contributed by atoms with E-state index in [-0.39, 0.29) is 0 Å². The molecule has 0 amide bonds. The van der Waals surface area contributed by atoms with E-state index in [1.807, 2.05) is 41.1 Å². The normalized spacial score (nSPS) is 13.5. The molecular weight excluding hydrogens is 390 g/mol. The number of guanidine groups is 1. The van der Waals surface area contributed by atoms with Crippen molar-refractivity contribution in [3.05, 3.63) is 66.0 Å². The fourth-order valence-corrected chi connectivity index (χ4v) is 3.50. The van der Waals surface area contributed by atoms with Gasteiger partial charge in [-0.15, -0.1) is 0 Å². The molecule has 0 fully saturated rings. The summed E-state index contributed by atoms with van der Waals surface area (Å²) in [7, 11) is 1.77. The van der Waals surface area contributed by atoms with Crippen LogP contribution in [0.2, 0.25) is 0 Å². The number of benzene rings is 2. The molecule has 7 nitrogen and oxygen atoms in total. The van der Waals surface area contributed by atoms with Crippen LogP contribution in [0.15, 0.2) is 59.7 Å². The Hall–Kier alpha value is -3.48. The van der Waals surface area contributed by atoms with Crippen LogP contribution < -0.4 is 20.1 Å². The molecule has 1 aliphatic rings. The Morgan fingerprint density at radius 3 is 2.71 bits per heavy atom. The maximum absolute atomic E-state index is 5.76. The fraction of sp³-hybridized carbons (Fsp3) is 0.333. The minimum absolute atomic E-state index is 0.670. The van der Waals surface area contributed by atoms with Gasteiger partial charge in [0.05, 0.1) is 24.6 Å². The quantitative estimate of drug-likeness (QED) is 0.359. The number of hydrogen-bond donors (Lipinski definition) is 2. The number of aryl methyl sites for hydroxylation is 2. The first-order chi connectivity index (χ1) is 15.2. The number of nitrogens with one attached hydrogen (secondary N) is 2. The topological polar surface area (TPSA) is 72.7 Å². The van der Waals surface area contributed by atoms with E-state index in [2.05, 4.69) is 46.0 Å². The number of anilines is 1. The van der Waals surface area contributed by atoms with E-state index >= 15 is 0 Å². The predicted octanol–water partition coefficient (Wildman–Crippen LogP) is 3.96. The average Bonchev–Trinajstić information content (AvgIpc) is 3.01. The Kier molecular flexibility index (Phi) is 6.72. The number of aromatic nitrogens is 2. The Labute approximate surface area is 183 Å². The fourth-order valence-electron chi connectivity index (χ4n) is 3.50. The van der Waals surface area contributed by atoms with Crippen molar-refractivity contribution in [3.63, 3.8) is 0 Å². The highest BCUT2D eigenvalue weighted by molar-refractivity contribution is 5.93. The summed E-state index contributed by atoms with van der Waals surface area (Å²) in [6.45, 7) is 4.23. The molecule has 0 radical (unpaired) electrons. The highest BCUT2D eigenvalue weighted by atomic mass is 16.5. The van der Waals surface area contributed by atoms with Crippen LogP contribution in [-0.2, 0) is 6.42 Å². The second-order valence-corrected chi connectivity index (χ2v) is 7.46. The molecule has 0 bridgehead atoms. The van der Waals surface area contributed by atoms with Gasteiger partial charge in [0.1, 0.15) is 0 Å². The van der Waals surface area contributed by atoms with Crippen LogP contribution in [0.5, 0.6) is 11.5 Å². The molecule has 0 saturated heterocycles. The van der Waals surface area contributed by atoms with Gasteiger partial charge in [0.2, 0.25) is 0 Å². The van der Waals surface area contributed by atoms with E-state index < -0.39 is 0 Å². The van der Waals surface area contributed by atoms with Gasteiger partial charge in [-0.05, 0) is 49.6 Å². The summed E-state index contributed by atoms with van der Waals surface area (Å²) in [4.78, 5) is 4.33. The van der Waals surface area contributed by atoms with E-state index in [9.17, 15) is 0 Å². The van der Waals surface area contributed by atoms with Crippen molar-refractivity contribution < 1.29 is 9.47 Å². The summed E-state index contributed by atoms with van der Waals surface area (Å²) in [6.07, 6.45) is 4.94. The molecule has 0 saturated carbocycles. The Bertz CT molecular complexity index is 1030. The molecule has 162 valence electrons. The van der Waals surface area contributed by atoms with Crippen LogP contribution in [-0.4, -0.2) is 42.5 Å². The van der Waals surface area contributed by atoms with Gasteiger partial charge in [0, 0.05) is 38.0 Å². The molecule has 7 heteroatoms. The van der Waals surface area contributed by atoms with Gasteiger partial charge in [-0.1, -0.05) is 18.2 Å². The summed E-state index contributed by atoms with van der Waals surface area (Å²) in [6, 6.07) is 16.1. The minimum atomic E-state index is 0.670. The van der Waals surface area contributed by atoms with Gasteiger partial charge in [-0.25, -0.2) is 4.68 Å². The molecule has 0 unspecified atom stereocenters. The van der Waals surface area contributed by atoms with Crippen LogP contribution in [0.4, 0.5) is 5.69 Å². The van der Waals surface area contributed by atoms with E-state index in [0.717, 1.165) is 60.3 Å². The molecule has 4 rings (SSSR count). The SMILES string of the molecule is CN=C(NCCCc1cn(-c2ccccc2)nc1C)Nc1ccc2c(c1)OCCCO2. The summed E-state index contributed by atoms with van der Waals surface area (Å²) >= 11 is 0. The third kappa shape index (κ3) is 5.36. The van der Waals surface area contributed by atoms with Crippen molar-refractivity contribution in [1.82, 2.24) is 15.1 Å². The summed E-state index contributed by atoms with van der Waals surface area (Å²) < 4.78 is 13.4. The molecule has 0 aliphatic carbocycles. The molecule has 1 aromatic heterocycles. The minimum Gasteiger partial charge on any atom is -0.490 e. The van der Waals surface area contributed by atoms with E-state index in [4.69, 9.17) is 9.47 Å². The van der Waals surface area contributed by atoms with Gasteiger partial charge < -0.3 is 20.1 Å². The number of rotatable bonds is 6. The number of fused-ring (bicyclic) bond motifs is 1. The number of hydrogen-bond acceptors (Lipinski definition) is 4. The van der Waals surface area contributed by atoms with Gasteiger partial charge in [-0.3, -0.25) is 4.99 Å². The van der Waals surface area contributed by atoms with E-state index in [0.29, 0.717) is 13.2 Å². The smallest absolute Gasteiger partial charge is 0.195 e. The molecule has 2 heterocycles. The highest BCUT2D eigenvalue weighted by Crippen LogP contribution is 2.32. The maximum Gasteiger partial charge on any atom is 0.195 e. The molecule has 2 aromatic carbocycles. The van der Waals surface area contributed by atoms with Crippen molar-refractivity contribution in [2.45, 2.75) is 26.2 Å². The average molecular weight is 420 g/mol. The predicted molar refractivity (Wildman–Crippen MR) is 124 cm³/mol. The van der Waals surface area contributed by atoms with Crippen molar-refractivity contribution in [1.29, 1.82) is 0 Å². The zero-order valence-corrected chi connectivity index (χ0v) is 18.1. The van der Waals surface area contributed by atoms with Crippen LogP contribution in [0.25, 0.3) is 5.69 Å². The molecule has 31 heavy (non-hydrogen) atoms. The Balaban J connectivity index is 1.28. The molecule has 0 atom stereocenters. The van der Waals surface area contributed by atoms with E-state index in [1.54, 1.807) is 7.05 Å². The number of aliphatic imine (C=N–C) groups is 1. The molecule has 3 aromatic rings. The lowest BCUT2D eigenvalue weighted by molar-refractivity contribution is 0.297. The van der Waals surface area contributed by atoms with Gasteiger partial charge in [0.15, 0.2) is 17.5 Å². The van der Waals surface area contributed by atoms with Crippen LogP contribution in [0, 0.1) is 6.92 Å². The molecule has 1 aliphatic heterocycles. The van der Waals surface area contributed by atoms with Crippen molar-refractivity contribution >= 4 is 11.6 Å². The Morgan fingerprint density at radius 2 is 1.90 bits per heavy atom. The zero-order valence-electron chi connectivity index (χ0n) is 18.1. The molecule has 0 spiro atoms. The third-order valence-corrected chi connectivity index (χ3v) is 5.17. The van der Waals surface area contributed by atoms with Gasteiger partial charge >= 0.3 is 0 Å².